The summed E-state index contributed by atoms with van der Waals surface area (Å²) in [5.41, 5.74) is 6.57. The van der Waals surface area contributed by atoms with E-state index < -0.39 is 0 Å². The number of halogens is 1. The highest BCUT2D eigenvalue weighted by molar-refractivity contribution is 7.80. The SMILES string of the molecule is Cc1cc([C@H]2[C@@H](c3ccccn3)NC(=S)N2c2ccc(N3C[C@H](C)C[C@H](C)C3)c(Cl)c2)c(C)n1Cc1ccco1. The highest BCUT2D eigenvalue weighted by Gasteiger charge is 2.42. The molecule has 40 heavy (non-hydrogen) atoms. The minimum atomic E-state index is -0.117. The highest BCUT2D eigenvalue weighted by Crippen LogP contribution is 2.45. The zero-order chi connectivity index (χ0) is 28.0. The third-order valence-electron chi connectivity index (χ3n) is 8.34. The Labute approximate surface area is 246 Å². The second-order valence-corrected chi connectivity index (χ2v) is 12.3. The van der Waals surface area contributed by atoms with Gasteiger partial charge in [-0.3, -0.25) is 4.98 Å². The molecule has 6 nitrogen and oxygen atoms in total. The van der Waals surface area contributed by atoms with Crippen LogP contribution in [0.5, 0.6) is 0 Å². The van der Waals surface area contributed by atoms with Crippen LogP contribution in [0, 0.1) is 25.7 Å². The molecule has 0 unspecified atom stereocenters. The van der Waals surface area contributed by atoms with Gasteiger partial charge >= 0.3 is 0 Å². The smallest absolute Gasteiger partial charge is 0.174 e. The van der Waals surface area contributed by atoms with Gasteiger partial charge < -0.3 is 24.1 Å². The quantitative estimate of drug-likeness (QED) is 0.242. The number of nitrogens with one attached hydrogen (secondary N) is 1. The van der Waals surface area contributed by atoms with Crippen molar-refractivity contribution >= 4 is 40.3 Å². The molecule has 2 saturated heterocycles. The molecule has 0 amide bonds. The molecule has 4 atom stereocenters. The number of hydrogen-bond acceptors (Lipinski definition) is 4. The summed E-state index contributed by atoms with van der Waals surface area (Å²) in [7, 11) is 0. The molecule has 2 fully saturated rings. The largest absolute Gasteiger partial charge is 0.467 e. The lowest BCUT2D eigenvalue weighted by molar-refractivity contribution is 0.357. The van der Waals surface area contributed by atoms with Crippen LogP contribution in [-0.4, -0.2) is 27.8 Å². The normalized spacial score (nSPS) is 23.1. The number of piperidine rings is 1. The first-order valence-corrected chi connectivity index (χ1v) is 14.8. The van der Waals surface area contributed by atoms with E-state index in [1.54, 1.807) is 6.26 Å². The van der Waals surface area contributed by atoms with Gasteiger partial charge in [-0.05, 0) is 98.4 Å². The van der Waals surface area contributed by atoms with Gasteiger partial charge in [-0.2, -0.15) is 0 Å². The highest BCUT2D eigenvalue weighted by atomic mass is 35.5. The molecule has 5 heterocycles. The van der Waals surface area contributed by atoms with E-state index in [1.165, 1.54) is 23.4 Å². The number of aromatic nitrogens is 2. The third kappa shape index (κ3) is 5.01. The molecule has 0 spiro atoms. The van der Waals surface area contributed by atoms with E-state index in [0.29, 0.717) is 23.5 Å². The van der Waals surface area contributed by atoms with Gasteiger partial charge in [0.05, 0.1) is 41.3 Å². The summed E-state index contributed by atoms with van der Waals surface area (Å²) >= 11 is 13.0. The van der Waals surface area contributed by atoms with Crippen molar-refractivity contribution in [3.05, 3.63) is 100 Å². The van der Waals surface area contributed by atoms with Gasteiger partial charge in [-0.1, -0.05) is 31.5 Å². The summed E-state index contributed by atoms with van der Waals surface area (Å²) in [6.07, 6.45) is 4.82. The Balaban J connectivity index is 1.41. The monoisotopic (exact) mass is 573 g/mol. The van der Waals surface area contributed by atoms with Crippen LogP contribution in [0.3, 0.4) is 0 Å². The van der Waals surface area contributed by atoms with E-state index >= 15 is 0 Å². The van der Waals surface area contributed by atoms with E-state index in [2.05, 4.69) is 77.7 Å². The second-order valence-electron chi connectivity index (χ2n) is 11.5. The Morgan fingerprint density at radius 1 is 1.05 bits per heavy atom. The molecule has 4 aromatic rings. The van der Waals surface area contributed by atoms with Crippen molar-refractivity contribution in [1.82, 2.24) is 14.9 Å². The predicted molar refractivity (Wildman–Crippen MR) is 166 cm³/mol. The van der Waals surface area contributed by atoms with Crippen molar-refractivity contribution in [2.24, 2.45) is 11.8 Å². The van der Waals surface area contributed by atoms with Crippen molar-refractivity contribution in [2.75, 3.05) is 22.9 Å². The molecule has 2 aliphatic heterocycles. The van der Waals surface area contributed by atoms with Gasteiger partial charge in [0.1, 0.15) is 5.76 Å². The van der Waals surface area contributed by atoms with E-state index in [1.807, 2.05) is 30.5 Å². The first-order chi connectivity index (χ1) is 19.3. The molecular formula is C32H36ClN5OS. The van der Waals surface area contributed by atoms with Crippen LogP contribution < -0.4 is 15.1 Å². The maximum Gasteiger partial charge on any atom is 0.174 e. The zero-order valence-corrected chi connectivity index (χ0v) is 25.0. The van der Waals surface area contributed by atoms with Crippen molar-refractivity contribution in [1.29, 1.82) is 0 Å². The van der Waals surface area contributed by atoms with Crippen LogP contribution in [0.2, 0.25) is 5.02 Å². The molecule has 0 radical (unpaired) electrons. The van der Waals surface area contributed by atoms with Gasteiger partial charge in [0.2, 0.25) is 0 Å². The lowest BCUT2D eigenvalue weighted by atomic mass is 9.91. The van der Waals surface area contributed by atoms with Crippen LogP contribution >= 0.6 is 23.8 Å². The Morgan fingerprint density at radius 3 is 2.52 bits per heavy atom. The fourth-order valence-corrected chi connectivity index (χ4v) is 7.28. The number of thiocarbonyl (C=S) groups is 1. The molecule has 3 aromatic heterocycles. The summed E-state index contributed by atoms with van der Waals surface area (Å²) < 4.78 is 7.98. The average molecular weight is 574 g/mol. The Kier molecular flexibility index (Phi) is 7.36. The third-order valence-corrected chi connectivity index (χ3v) is 8.96. The number of furan rings is 1. The van der Waals surface area contributed by atoms with Gasteiger partial charge in [0.15, 0.2) is 5.11 Å². The van der Waals surface area contributed by atoms with Crippen molar-refractivity contribution in [3.63, 3.8) is 0 Å². The molecule has 6 rings (SSSR count). The molecular weight excluding hydrogens is 538 g/mol. The van der Waals surface area contributed by atoms with Gasteiger partial charge in [0, 0.05) is 36.4 Å². The van der Waals surface area contributed by atoms with E-state index in [0.717, 1.165) is 40.9 Å². The van der Waals surface area contributed by atoms with Crippen molar-refractivity contribution in [3.8, 4) is 0 Å². The molecule has 0 aliphatic carbocycles. The van der Waals surface area contributed by atoms with Crippen LogP contribution in [0.15, 0.2) is 71.5 Å². The van der Waals surface area contributed by atoms with Gasteiger partial charge in [-0.25, -0.2) is 0 Å². The summed E-state index contributed by atoms with van der Waals surface area (Å²) in [5, 5.41) is 5.01. The summed E-state index contributed by atoms with van der Waals surface area (Å²) in [6.45, 7) is 11.7. The van der Waals surface area contributed by atoms with Gasteiger partial charge in [0.25, 0.3) is 0 Å². The second kappa shape index (κ2) is 10.9. The number of anilines is 2. The number of pyridine rings is 1. The Morgan fingerprint density at radius 2 is 1.85 bits per heavy atom. The first-order valence-electron chi connectivity index (χ1n) is 14.0. The summed E-state index contributed by atoms with van der Waals surface area (Å²) in [6, 6.07) is 18.4. The van der Waals surface area contributed by atoms with E-state index in [-0.39, 0.29) is 12.1 Å². The molecule has 0 bridgehead atoms. The maximum atomic E-state index is 7.01. The fraction of sp³-hybridized carbons (Fsp3) is 0.375. The van der Waals surface area contributed by atoms with E-state index in [9.17, 15) is 0 Å². The standard InChI is InChI=1S/C32H36ClN5OS/c1-20-14-21(2)18-36(17-20)29-11-10-24(16-27(29)33)38-31(30(35-32(38)40)28-9-5-6-12-34-28)26-15-22(3)37(23(26)4)19-25-8-7-13-39-25/h5-13,15-16,20-21,30-31H,14,17-19H2,1-4H3,(H,35,40)/t20-,21+,30-,31+/m1/s1. The van der Waals surface area contributed by atoms with Gasteiger partial charge in [-0.15, -0.1) is 0 Å². The number of rotatable bonds is 6. The average Bonchev–Trinajstić information content (AvgIpc) is 3.63. The summed E-state index contributed by atoms with van der Waals surface area (Å²) in [4.78, 5) is 9.37. The van der Waals surface area contributed by atoms with E-state index in [4.69, 9.17) is 33.2 Å². The molecule has 0 saturated carbocycles. The minimum absolute atomic E-state index is 0.101. The molecule has 8 heteroatoms. The van der Waals surface area contributed by atoms with Crippen LogP contribution in [0.25, 0.3) is 0 Å². The number of aryl methyl sites for hydroxylation is 1. The zero-order valence-electron chi connectivity index (χ0n) is 23.5. The molecule has 1 N–H and O–H groups in total. The Bertz CT molecular complexity index is 1490. The van der Waals surface area contributed by atoms with Crippen LogP contribution in [0.4, 0.5) is 11.4 Å². The number of hydrogen-bond donors (Lipinski definition) is 1. The molecule has 1 aromatic carbocycles. The lowest BCUT2D eigenvalue weighted by Crippen LogP contribution is -2.38. The molecule has 2 aliphatic rings. The Hall–Kier alpha value is -3.29. The maximum absolute atomic E-state index is 7.01. The first kappa shape index (κ1) is 26.9. The lowest BCUT2D eigenvalue weighted by Gasteiger charge is -2.37. The predicted octanol–water partition coefficient (Wildman–Crippen LogP) is 7.45. The topological polar surface area (TPSA) is 49.5 Å². The minimum Gasteiger partial charge on any atom is -0.467 e. The van der Waals surface area contributed by atoms with Crippen LogP contribution in [0.1, 0.15) is 60.8 Å². The number of nitrogens with zero attached hydrogens (tertiary/aromatic N) is 4. The van der Waals surface area contributed by atoms with Crippen molar-refractivity contribution < 1.29 is 4.42 Å². The van der Waals surface area contributed by atoms with Crippen molar-refractivity contribution in [2.45, 2.75) is 52.7 Å². The van der Waals surface area contributed by atoms with Crippen LogP contribution in [-0.2, 0) is 6.54 Å². The molecule has 208 valence electrons. The fourth-order valence-electron chi connectivity index (χ4n) is 6.64. The number of benzene rings is 1. The summed E-state index contributed by atoms with van der Waals surface area (Å²) in [5.74, 6) is 2.22.